The highest BCUT2D eigenvalue weighted by atomic mass is 16.5. The smallest absolute Gasteiger partial charge is 0.260 e. The van der Waals surface area contributed by atoms with Crippen molar-refractivity contribution >= 4 is 11.0 Å². The van der Waals surface area contributed by atoms with E-state index in [1.807, 2.05) is 18.2 Å². The molecule has 3 aromatic rings. The highest BCUT2D eigenvalue weighted by molar-refractivity contribution is 5.88. The van der Waals surface area contributed by atoms with Crippen LogP contribution in [-0.4, -0.2) is 39.8 Å². The summed E-state index contributed by atoms with van der Waals surface area (Å²) in [5.41, 5.74) is 2.33. The zero-order chi connectivity index (χ0) is 14.1. The van der Waals surface area contributed by atoms with Crippen molar-refractivity contribution in [2.45, 2.75) is 6.10 Å². The molecule has 106 valence electrons. The third-order valence-corrected chi connectivity index (χ3v) is 3.39. The standard InChI is InChI=1S/C14H13N5O2/c1-2-9(12-10(3-1)16-4-5-17-12)14-18-13(19-21-14)11-8-15-6-7-20-11/h1-5,11,15H,6-8H2. The van der Waals surface area contributed by atoms with Crippen molar-refractivity contribution < 1.29 is 9.26 Å². The molecule has 0 aliphatic carbocycles. The predicted molar refractivity (Wildman–Crippen MR) is 74.4 cm³/mol. The van der Waals surface area contributed by atoms with Gasteiger partial charge in [0.25, 0.3) is 5.89 Å². The molecule has 2 aromatic heterocycles. The largest absolute Gasteiger partial charge is 0.367 e. The molecule has 7 heteroatoms. The monoisotopic (exact) mass is 283 g/mol. The van der Waals surface area contributed by atoms with Crippen LogP contribution in [0.5, 0.6) is 0 Å². The first-order chi connectivity index (χ1) is 10.4. The first kappa shape index (κ1) is 12.4. The molecule has 1 aliphatic heterocycles. The summed E-state index contributed by atoms with van der Waals surface area (Å²) in [6.45, 7) is 2.18. The highest BCUT2D eigenvalue weighted by Crippen LogP contribution is 2.26. The Morgan fingerprint density at radius 1 is 1.19 bits per heavy atom. The lowest BCUT2D eigenvalue weighted by molar-refractivity contribution is 0.0208. The maximum Gasteiger partial charge on any atom is 0.260 e. The van der Waals surface area contributed by atoms with Crippen molar-refractivity contribution in [3.8, 4) is 11.5 Å². The Bertz CT molecular complexity index is 761. The van der Waals surface area contributed by atoms with Gasteiger partial charge >= 0.3 is 0 Å². The van der Waals surface area contributed by atoms with Crippen LogP contribution in [-0.2, 0) is 4.74 Å². The van der Waals surface area contributed by atoms with Crippen LogP contribution < -0.4 is 5.32 Å². The Hall–Kier alpha value is -2.38. The van der Waals surface area contributed by atoms with Gasteiger partial charge in [-0.1, -0.05) is 11.2 Å². The number of rotatable bonds is 2. The summed E-state index contributed by atoms with van der Waals surface area (Å²) in [6, 6.07) is 5.69. The van der Waals surface area contributed by atoms with E-state index in [9.17, 15) is 0 Å². The van der Waals surface area contributed by atoms with Gasteiger partial charge in [-0.15, -0.1) is 0 Å². The van der Waals surface area contributed by atoms with Gasteiger partial charge in [-0.25, -0.2) is 0 Å². The minimum Gasteiger partial charge on any atom is -0.367 e. The van der Waals surface area contributed by atoms with Crippen molar-refractivity contribution in [2.24, 2.45) is 0 Å². The van der Waals surface area contributed by atoms with Gasteiger partial charge in [-0.2, -0.15) is 4.98 Å². The summed E-state index contributed by atoms with van der Waals surface area (Å²) in [4.78, 5) is 13.1. The van der Waals surface area contributed by atoms with E-state index >= 15 is 0 Å². The van der Waals surface area contributed by atoms with Crippen LogP contribution in [0.25, 0.3) is 22.5 Å². The molecule has 1 saturated heterocycles. The van der Waals surface area contributed by atoms with Crippen molar-refractivity contribution in [3.63, 3.8) is 0 Å². The maximum absolute atomic E-state index is 5.63. The average Bonchev–Trinajstić information content (AvgIpc) is 3.05. The molecule has 1 unspecified atom stereocenters. The number of hydrogen-bond acceptors (Lipinski definition) is 7. The van der Waals surface area contributed by atoms with Crippen LogP contribution in [0.15, 0.2) is 35.1 Å². The van der Waals surface area contributed by atoms with Gasteiger partial charge in [-0.05, 0) is 12.1 Å². The molecule has 0 radical (unpaired) electrons. The molecule has 1 N–H and O–H groups in total. The molecule has 4 rings (SSSR count). The van der Waals surface area contributed by atoms with E-state index in [1.54, 1.807) is 12.4 Å². The second-order valence-corrected chi connectivity index (χ2v) is 4.75. The topological polar surface area (TPSA) is 86.0 Å². The lowest BCUT2D eigenvalue weighted by atomic mass is 10.1. The van der Waals surface area contributed by atoms with E-state index in [0.717, 1.165) is 23.1 Å². The lowest BCUT2D eigenvalue weighted by Gasteiger charge is -2.20. The first-order valence-electron chi connectivity index (χ1n) is 6.78. The van der Waals surface area contributed by atoms with Gasteiger partial charge in [-0.3, -0.25) is 9.97 Å². The number of aromatic nitrogens is 4. The third kappa shape index (κ3) is 2.26. The van der Waals surface area contributed by atoms with Gasteiger partial charge in [0.1, 0.15) is 11.6 Å². The van der Waals surface area contributed by atoms with E-state index in [4.69, 9.17) is 9.26 Å². The zero-order valence-corrected chi connectivity index (χ0v) is 11.2. The normalized spacial score (nSPS) is 19.0. The van der Waals surface area contributed by atoms with Crippen LogP contribution in [0.4, 0.5) is 0 Å². The molecule has 0 amide bonds. The van der Waals surface area contributed by atoms with Crippen LogP contribution in [0, 0.1) is 0 Å². The molecule has 21 heavy (non-hydrogen) atoms. The Balaban J connectivity index is 1.74. The molecule has 0 bridgehead atoms. The quantitative estimate of drug-likeness (QED) is 0.759. The van der Waals surface area contributed by atoms with Crippen molar-refractivity contribution in [1.82, 2.24) is 25.4 Å². The highest BCUT2D eigenvalue weighted by Gasteiger charge is 2.22. The van der Waals surface area contributed by atoms with Gasteiger partial charge in [0.15, 0.2) is 0 Å². The molecular weight excluding hydrogens is 270 g/mol. The Labute approximate surface area is 120 Å². The van der Waals surface area contributed by atoms with Gasteiger partial charge in [0.05, 0.1) is 17.7 Å². The summed E-state index contributed by atoms with van der Waals surface area (Å²) in [5, 5.41) is 7.27. The fraction of sp³-hybridized carbons (Fsp3) is 0.286. The van der Waals surface area contributed by atoms with Crippen LogP contribution >= 0.6 is 0 Å². The number of morpholine rings is 1. The summed E-state index contributed by atoms with van der Waals surface area (Å²) < 4.78 is 11.0. The molecule has 0 saturated carbocycles. The molecule has 1 aromatic carbocycles. The van der Waals surface area contributed by atoms with Gasteiger partial charge in [0, 0.05) is 25.5 Å². The van der Waals surface area contributed by atoms with Crippen LogP contribution in [0.1, 0.15) is 11.9 Å². The number of nitrogens with zero attached hydrogens (tertiary/aromatic N) is 4. The average molecular weight is 283 g/mol. The molecular formula is C14H13N5O2. The minimum atomic E-state index is -0.169. The van der Waals surface area contributed by atoms with E-state index in [1.165, 1.54) is 0 Å². The molecule has 1 fully saturated rings. The minimum absolute atomic E-state index is 0.169. The second-order valence-electron chi connectivity index (χ2n) is 4.75. The first-order valence-corrected chi connectivity index (χ1v) is 6.78. The number of nitrogens with one attached hydrogen (secondary N) is 1. The third-order valence-electron chi connectivity index (χ3n) is 3.39. The lowest BCUT2D eigenvalue weighted by Crippen LogP contribution is -2.33. The molecule has 0 spiro atoms. The predicted octanol–water partition coefficient (Wildman–Crippen LogP) is 1.34. The van der Waals surface area contributed by atoms with E-state index in [2.05, 4.69) is 25.4 Å². The Morgan fingerprint density at radius 3 is 3.05 bits per heavy atom. The summed E-state index contributed by atoms with van der Waals surface area (Å²) in [7, 11) is 0. The van der Waals surface area contributed by atoms with E-state index in [-0.39, 0.29) is 6.10 Å². The Kier molecular flexibility index (Phi) is 3.06. The number of fused-ring (bicyclic) bond motifs is 1. The molecule has 1 atom stereocenters. The fourth-order valence-electron chi connectivity index (χ4n) is 2.37. The second kappa shape index (κ2) is 5.19. The van der Waals surface area contributed by atoms with Crippen LogP contribution in [0.2, 0.25) is 0 Å². The maximum atomic E-state index is 5.63. The Morgan fingerprint density at radius 2 is 2.14 bits per heavy atom. The van der Waals surface area contributed by atoms with Crippen molar-refractivity contribution in [2.75, 3.05) is 19.7 Å². The number of para-hydroxylation sites is 1. The van der Waals surface area contributed by atoms with Gasteiger partial charge < -0.3 is 14.6 Å². The summed E-state index contributed by atoms with van der Waals surface area (Å²) >= 11 is 0. The number of ether oxygens (including phenoxy) is 1. The molecule has 7 nitrogen and oxygen atoms in total. The SMILES string of the molecule is c1cc(-c2nc(C3CNCCO3)no2)c2nccnc2c1. The van der Waals surface area contributed by atoms with Gasteiger partial charge in [0.2, 0.25) is 5.82 Å². The number of benzene rings is 1. The molecule has 3 heterocycles. The van der Waals surface area contributed by atoms with E-state index in [0.29, 0.717) is 24.9 Å². The van der Waals surface area contributed by atoms with E-state index < -0.39 is 0 Å². The number of hydrogen-bond donors (Lipinski definition) is 1. The van der Waals surface area contributed by atoms with Crippen LogP contribution in [0.3, 0.4) is 0 Å². The summed E-state index contributed by atoms with van der Waals surface area (Å²) in [5.74, 6) is 0.989. The fourth-order valence-corrected chi connectivity index (χ4v) is 2.37. The van der Waals surface area contributed by atoms with Crippen molar-refractivity contribution in [3.05, 3.63) is 36.4 Å². The van der Waals surface area contributed by atoms with Crippen molar-refractivity contribution in [1.29, 1.82) is 0 Å². The molecule has 1 aliphatic rings. The summed E-state index contributed by atoms with van der Waals surface area (Å²) in [6.07, 6.45) is 3.14. The zero-order valence-electron chi connectivity index (χ0n) is 11.2.